The summed E-state index contributed by atoms with van der Waals surface area (Å²) in [6.45, 7) is 4.57. The first-order valence-corrected chi connectivity index (χ1v) is 5.16. The van der Waals surface area contributed by atoms with Gasteiger partial charge in [0.2, 0.25) is 0 Å². The molecule has 2 saturated heterocycles. The van der Waals surface area contributed by atoms with Gasteiger partial charge in [0.05, 0.1) is 0 Å². The highest BCUT2D eigenvalue weighted by Crippen LogP contribution is 2.31. The average Bonchev–Trinajstić information content (AvgIpc) is 2.62. The number of nitrogens with zero attached hydrogens (tertiary/aromatic N) is 1. The van der Waals surface area contributed by atoms with Crippen molar-refractivity contribution in [1.82, 2.24) is 10.2 Å². The molecule has 0 saturated carbocycles. The smallest absolute Gasteiger partial charge is 0.0263 e. The van der Waals surface area contributed by atoms with Crippen LogP contribution in [0.5, 0.6) is 0 Å². The van der Waals surface area contributed by atoms with E-state index in [4.69, 9.17) is 0 Å². The van der Waals surface area contributed by atoms with Gasteiger partial charge in [-0.3, -0.25) is 4.90 Å². The van der Waals surface area contributed by atoms with Crippen LogP contribution in [0.3, 0.4) is 0 Å². The number of rotatable bonds is 2. The molecule has 2 heterocycles. The van der Waals surface area contributed by atoms with Gasteiger partial charge >= 0.3 is 0 Å². The van der Waals surface area contributed by atoms with E-state index in [1.54, 1.807) is 0 Å². The summed E-state index contributed by atoms with van der Waals surface area (Å²) in [6.07, 6.45) is 4.18. The second kappa shape index (κ2) is 3.00. The molecule has 0 aromatic heterocycles. The van der Waals surface area contributed by atoms with Crippen molar-refractivity contribution in [3.8, 4) is 0 Å². The Balaban J connectivity index is 1.97. The SMILES string of the molecule is CC(C)N(C)[C@@H]1CC2CCC1N2. The molecule has 0 aromatic carbocycles. The molecule has 0 amide bonds. The molecule has 2 bridgehead atoms. The summed E-state index contributed by atoms with van der Waals surface area (Å²) < 4.78 is 0. The second-order valence-corrected chi connectivity index (χ2v) is 4.61. The standard InChI is InChI=1S/C10H20N2/c1-7(2)12(3)10-6-8-4-5-9(10)11-8/h7-11H,4-6H2,1-3H3/t8?,9?,10-/m1/s1. The van der Waals surface area contributed by atoms with E-state index in [-0.39, 0.29) is 0 Å². The zero-order chi connectivity index (χ0) is 8.72. The minimum absolute atomic E-state index is 0.691. The van der Waals surface area contributed by atoms with Crippen molar-refractivity contribution in [1.29, 1.82) is 0 Å². The quantitative estimate of drug-likeness (QED) is 0.667. The van der Waals surface area contributed by atoms with E-state index in [9.17, 15) is 0 Å². The van der Waals surface area contributed by atoms with Crippen LogP contribution in [0.4, 0.5) is 0 Å². The third-order valence-corrected chi connectivity index (χ3v) is 3.60. The predicted octanol–water partition coefficient (Wildman–Crippen LogP) is 1.22. The maximum absolute atomic E-state index is 3.67. The van der Waals surface area contributed by atoms with Crippen molar-refractivity contribution in [3.63, 3.8) is 0 Å². The first-order valence-electron chi connectivity index (χ1n) is 5.16. The van der Waals surface area contributed by atoms with Crippen LogP contribution in [0.1, 0.15) is 33.1 Å². The van der Waals surface area contributed by atoms with E-state index in [2.05, 4.69) is 31.1 Å². The fraction of sp³-hybridized carbons (Fsp3) is 1.00. The Bertz CT molecular complexity index is 167. The summed E-state index contributed by atoms with van der Waals surface area (Å²) in [5.41, 5.74) is 0. The monoisotopic (exact) mass is 168 g/mol. The highest BCUT2D eigenvalue weighted by molar-refractivity contribution is 5.02. The average molecular weight is 168 g/mol. The number of fused-ring (bicyclic) bond motifs is 2. The molecule has 1 N–H and O–H groups in total. The Morgan fingerprint density at radius 2 is 2.08 bits per heavy atom. The van der Waals surface area contributed by atoms with Gasteiger partial charge in [-0.1, -0.05) is 0 Å². The minimum atomic E-state index is 0.691. The molecule has 2 rings (SSSR count). The van der Waals surface area contributed by atoms with E-state index in [0.717, 1.165) is 18.1 Å². The highest BCUT2D eigenvalue weighted by atomic mass is 15.2. The van der Waals surface area contributed by atoms with Crippen molar-refractivity contribution in [2.24, 2.45) is 0 Å². The number of hydrogen-bond donors (Lipinski definition) is 1. The first-order chi connectivity index (χ1) is 5.68. The molecule has 2 unspecified atom stereocenters. The summed E-state index contributed by atoms with van der Waals surface area (Å²) >= 11 is 0. The molecule has 0 radical (unpaired) electrons. The summed E-state index contributed by atoms with van der Waals surface area (Å²) in [6, 6.07) is 3.13. The summed E-state index contributed by atoms with van der Waals surface area (Å²) in [4.78, 5) is 2.52. The Hall–Kier alpha value is -0.0800. The first kappa shape index (κ1) is 8.52. The van der Waals surface area contributed by atoms with Crippen LogP contribution in [0.25, 0.3) is 0 Å². The van der Waals surface area contributed by atoms with Crippen molar-refractivity contribution in [2.75, 3.05) is 7.05 Å². The van der Waals surface area contributed by atoms with Crippen LogP contribution in [0, 0.1) is 0 Å². The zero-order valence-electron chi connectivity index (χ0n) is 8.38. The Labute approximate surface area is 75.3 Å². The maximum atomic E-state index is 3.67. The Kier molecular flexibility index (Phi) is 2.13. The fourth-order valence-electron chi connectivity index (χ4n) is 2.63. The molecule has 0 aromatic rings. The van der Waals surface area contributed by atoms with Gasteiger partial charge in [-0.25, -0.2) is 0 Å². The highest BCUT2D eigenvalue weighted by Gasteiger charge is 2.41. The maximum Gasteiger partial charge on any atom is 0.0263 e. The van der Waals surface area contributed by atoms with Crippen LogP contribution in [0.15, 0.2) is 0 Å². The third kappa shape index (κ3) is 1.27. The van der Waals surface area contributed by atoms with Crippen LogP contribution in [-0.2, 0) is 0 Å². The lowest BCUT2D eigenvalue weighted by atomic mass is 9.94. The molecular weight excluding hydrogens is 148 g/mol. The van der Waals surface area contributed by atoms with Gasteiger partial charge in [-0.2, -0.15) is 0 Å². The number of likely N-dealkylation sites (N-methyl/N-ethyl adjacent to an activating group) is 1. The summed E-state index contributed by atoms with van der Waals surface area (Å²) in [7, 11) is 2.26. The van der Waals surface area contributed by atoms with Crippen LogP contribution in [0.2, 0.25) is 0 Å². The van der Waals surface area contributed by atoms with Gasteiger partial charge in [-0.05, 0) is 40.2 Å². The lowest BCUT2D eigenvalue weighted by Gasteiger charge is -2.33. The molecule has 0 aliphatic carbocycles. The van der Waals surface area contributed by atoms with E-state index >= 15 is 0 Å². The van der Waals surface area contributed by atoms with E-state index < -0.39 is 0 Å². The Morgan fingerprint density at radius 3 is 2.50 bits per heavy atom. The van der Waals surface area contributed by atoms with Gasteiger partial charge in [0.1, 0.15) is 0 Å². The normalized spacial score (nSPS) is 40.2. The minimum Gasteiger partial charge on any atom is -0.310 e. The fourth-order valence-corrected chi connectivity index (χ4v) is 2.63. The lowest BCUT2D eigenvalue weighted by molar-refractivity contribution is 0.168. The molecule has 2 aliphatic rings. The van der Waals surface area contributed by atoms with Crippen LogP contribution >= 0.6 is 0 Å². The van der Waals surface area contributed by atoms with E-state index in [1.165, 1.54) is 19.3 Å². The van der Waals surface area contributed by atoms with Gasteiger partial charge in [-0.15, -0.1) is 0 Å². The predicted molar refractivity (Wildman–Crippen MR) is 51.2 cm³/mol. The molecule has 2 heteroatoms. The topological polar surface area (TPSA) is 15.3 Å². The molecule has 12 heavy (non-hydrogen) atoms. The third-order valence-electron chi connectivity index (χ3n) is 3.60. The molecule has 2 fully saturated rings. The molecule has 3 atom stereocenters. The van der Waals surface area contributed by atoms with Gasteiger partial charge < -0.3 is 5.32 Å². The van der Waals surface area contributed by atoms with Gasteiger partial charge in [0.25, 0.3) is 0 Å². The summed E-state index contributed by atoms with van der Waals surface area (Å²) in [5, 5.41) is 3.67. The Morgan fingerprint density at radius 1 is 1.33 bits per heavy atom. The van der Waals surface area contributed by atoms with Crippen molar-refractivity contribution < 1.29 is 0 Å². The molecule has 70 valence electrons. The zero-order valence-corrected chi connectivity index (χ0v) is 8.38. The van der Waals surface area contributed by atoms with Gasteiger partial charge in [0, 0.05) is 24.2 Å². The van der Waals surface area contributed by atoms with Crippen LogP contribution < -0.4 is 5.32 Å². The number of nitrogens with one attached hydrogen (secondary N) is 1. The second-order valence-electron chi connectivity index (χ2n) is 4.61. The molecule has 2 nitrogen and oxygen atoms in total. The largest absolute Gasteiger partial charge is 0.310 e. The van der Waals surface area contributed by atoms with Gasteiger partial charge in [0.15, 0.2) is 0 Å². The van der Waals surface area contributed by atoms with Crippen LogP contribution in [-0.4, -0.2) is 36.1 Å². The summed E-state index contributed by atoms with van der Waals surface area (Å²) in [5.74, 6) is 0. The number of hydrogen-bond acceptors (Lipinski definition) is 2. The molecule has 0 spiro atoms. The van der Waals surface area contributed by atoms with Crippen molar-refractivity contribution in [2.45, 2.75) is 57.3 Å². The molecule has 2 aliphatic heterocycles. The lowest BCUT2D eigenvalue weighted by Crippen LogP contribution is -2.44. The molecular formula is C10H20N2. The van der Waals surface area contributed by atoms with Crippen molar-refractivity contribution in [3.05, 3.63) is 0 Å². The van der Waals surface area contributed by atoms with E-state index in [0.29, 0.717) is 6.04 Å². The van der Waals surface area contributed by atoms with Crippen molar-refractivity contribution >= 4 is 0 Å². The van der Waals surface area contributed by atoms with E-state index in [1.807, 2.05) is 0 Å².